The number of anilines is 2. The van der Waals surface area contributed by atoms with Crippen LogP contribution in [0.5, 0.6) is 0 Å². The second kappa shape index (κ2) is 7.26. The van der Waals surface area contributed by atoms with E-state index < -0.39 is 0 Å². The number of nitrogens with zero attached hydrogens (tertiary/aromatic N) is 3. The number of hydrogen-bond donors (Lipinski definition) is 1. The second-order valence-electron chi connectivity index (χ2n) is 8.48. The maximum atomic E-state index is 4.90. The van der Waals surface area contributed by atoms with E-state index in [4.69, 9.17) is 9.97 Å². The smallest absolute Gasteiger partial charge is 0.135 e. The fourth-order valence-corrected chi connectivity index (χ4v) is 3.61. The summed E-state index contributed by atoms with van der Waals surface area (Å²) < 4.78 is 0. The zero-order valence-electron chi connectivity index (χ0n) is 17.0. The highest BCUT2D eigenvalue weighted by Crippen LogP contribution is 2.35. The first-order chi connectivity index (χ1) is 12.3. The van der Waals surface area contributed by atoms with Gasteiger partial charge in [-0.25, -0.2) is 9.97 Å². The molecule has 1 aromatic carbocycles. The molecule has 1 aliphatic rings. The molecule has 0 radical (unpaired) electrons. The molecule has 0 saturated heterocycles. The number of rotatable bonds is 5. The molecule has 2 heterocycles. The Labute approximate surface area is 158 Å². The zero-order valence-corrected chi connectivity index (χ0v) is 17.0. The van der Waals surface area contributed by atoms with Gasteiger partial charge in [0, 0.05) is 36.5 Å². The van der Waals surface area contributed by atoms with Crippen molar-refractivity contribution < 1.29 is 0 Å². The summed E-state index contributed by atoms with van der Waals surface area (Å²) in [6, 6.07) is 11.3. The molecule has 0 unspecified atom stereocenters. The van der Waals surface area contributed by atoms with Crippen LogP contribution in [0.25, 0.3) is 0 Å². The monoisotopic (exact) mass is 352 g/mol. The van der Waals surface area contributed by atoms with Crippen LogP contribution in [-0.4, -0.2) is 22.6 Å². The largest absolute Gasteiger partial charge is 0.367 e. The average molecular weight is 353 g/mol. The third-order valence-electron chi connectivity index (χ3n) is 5.27. The molecule has 0 amide bonds. The molecule has 2 aromatic rings. The molecule has 0 bridgehead atoms. The topological polar surface area (TPSA) is 41.0 Å². The molecule has 3 rings (SSSR count). The van der Waals surface area contributed by atoms with E-state index in [0.717, 1.165) is 37.0 Å². The van der Waals surface area contributed by atoms with E-state index in [2.05, 4.69) is 82.1 Å². The quantitative estimate of drug-likeness (QED) is 0.812. The summed E-state index contributed by atoms with van der Waals surface area (Å²) in [6.07, 6.45) is 1.07. The Bertz CT molecular complexity index is 766. The number of fused-ring (bicyclic) bond motifs is 1. The van der Waals surface area contributed by atoms with Crippen molar-refractivity contribution in [2.75, 3.05) is 16.8 Å². The Kier molecular flexibility index (Phi) is 5.22. The highest BCUT2D eigenvalue weighted by Gasteiger charge is 2.32. The summed E-state index contributed by atoms with van der Waals surface area (Å²) in [5, 5.41) is 3.53. The Hall–Kier alpha value is -2.10. The van der Waals surface area contributed by atoms with E-state index in [0.29, 0.717) is 12.0 Å². The predicted molar refractivity (Wildman–Crippen MR) is 110 cm³/mol. The first-order valence-corrected chi connectivity index (χ1v) is 9.79. The van der Waals surface area contributed by atoms with Crippen molar-refractivity contribution in [2.45, 2.75) is 71.9 Å². The van der Waals surface area contributed by atoms with Gasteiger partial charge >= 0.3 is 0 Å². The standard InChI is InChI=1S/C22H32N4/c1-7-16(4)23-19-12-20(25-21(24-19)15(2)3)26-13-17-10-8-9-11-18(17)22(5,6)14-26/h8-12,15-16H,7,13-14H2,1-6H3,(H,23,24,25)/t16-/m1/s1. The maximum absolute atomic E-state index is 4.90. The van der Waals surface area contributed by atoms with Gasteiger partial charge in [-0.1, -0.05) is 58.9 Å². The van der Waals surface area contributed by atoms with E-state index in [1.165, 1.54) is 11.1 Å². The van der Waals surface area contributed by atoms with Crippen LogP contribution in [-0.2, 0) is 12.0 Å². The SMILES string of the molecule is CC[C@@H](C)Nc1cc(N2Cc3ccccc3C(C)(C)C2)nc(C(C)C)n1. The fourth-order valence-electron chi connectivity index (χ4n) is 3.61. The highest BCUT2D eigenvalue weighted by molar-refractivity contribution is 5.53. The lowest BCUT2D eigenvalue weighted by Crippen LogP contribution is -2.42. The minimum Gasteiger partial charge on any atom is -0.367 e. The van der Waals surface area contributed by atoms with Gasteiger partial charge in [-0.05, 0) is 24.5 Å². The van der Waals surface area contributed by atoms with Gasteiger partial charge < -0.3 is 10.2 Å². The van der Waals surface area contributed by atoms with Gasteiger partial charge in [0.25, 0.3) is 0 Å². The van der Waals surface area contributed by atoms with Crippen LogP contribution in [0.3, 0.4) is 0 Å². The van der Waals surface area contributed by atoms with Gasteiger partial charge in [-0.15, -0.1) is 0 Å². The van der Waals surface area contributed by atoms with Crippen molar-refractivity contribution in [3.8, 4) is 0 Å². The lowest BCUT2D eigenvalue weighted by Gasteiger charge is -2.40. The number of nitrogens with one attached hydrogen (secondary N) is 1. The van der Waals surface area contributed by atoms with E-state index in [1.807, 2.05) is 0 Å². The summed E-state index contributed by atoms with van der Waals surface area (Å²) in [5.74, 6) is 3.17. The van der Waals surface area contributed by atoms with Crippen molar-refractivity contribution in [2.24, 2.45) is 0 Å². The van der Waals surface area contributed by atoms with Gasteiger partial charge in [0.2, 0.25) is 0 Å². The van der Waals surface area contributed by atoms with Crippen molar-refractivity contribution in [1.29, 1.82) is 0 Å². The summed E-state index contributed by atoms with van der Waals surface area (Å²) in [5.41, 5.74) is 2.94. The van der Waals surface area contributed by atoms with Crippen molar-refractivity contribution in [3.63, 3.8) is 0 Å². The van der Waals surface area contributed by atoms with Crippen molar-refractivity contribution in [3.05, 3.63) is 47.3 Å². The molecule has 4 heteroatoms. The molecule has 0 aliphatic carbocycles. The minimum absolute atomic E-state index is 0.0993. The number of aromatic nitrogens is 2. The van der Waals surface area contributed by atoms with Crippen LogP contribution in [0.4, 0.5) is 11.6 Å². The van der Waals surface area contributed by atoms with E-state index in [-0.39, 0.29) is 5.41 Å². The van der Waals surface area contributed by atoms with E-state index in [9.17, 15) is 0 Å². The number of benzene rings is 1. The zero-order chi connectivity index (χ0) is 18.9. The van der Waals surface area contributed by atoms with Crippen LogP contribution >= 0.6 is 0 Å². The Balaban J connectivity index is 1.98. The maximum Gasteiger partial charge on any atom is 0.135 e. The lowest BCUT2D eigenvalue weighted by molar-refractivity contribution is 0.474. The average Bonchev–Trinajstić information content (AvgIpc) is 2.60. The molecule has 26 heavy (non-hydrogen) atoms. The van der Waals surface area contributed by atoms with Crippen LogP contribution < -0.4 is 10.2 Å². The number of hydrogen-bond acceptors (Lipinski definition) is 4. The molecule has 0 saturated carbocycles. The Morgan fingerprint density at radius 1 is 1.15 bits per heavy atom. The van der Waals surface area contributed by atoms with Gasteiger partial charge in [0.15, 0.2) is 0 Å². The first-order valence-electron chi connectivity index (χ1n) is 9.79. The normalized spacial score (nSPS) is 17.1. The van der Waals surface area contributed by atoms with Crippen LogP contribution in [0.1, 0.15) is 70.8 Å². The van der Waals surface area contributed by atoms with Crippen molar-refractivity contribution >= 4 is 11.6 Å². The Morgan fingerprint density at radius 2 is 1.88 bits per heavy atom. The second-order valence-corrected chi connectivity index (χ2v) is 8.48. The van der Waals surface area contributed by atoms with Crippen molar-refractivity contribution in [1.82, 2.24) is 9.97 Å². The highest BCUT2D eigenvalue weighted by atomic mass is 15.2. The summed E-state index contributed by atoms with van der Waals surface area (Å²) in [7, 11) is 0. The molecule has 140 valence electrons. The Morgan fingerprint density at radius 3 is 2.58 bits per heavy atom. The molecular formula is C22H32N4. The van der Waals surface area contributed by atoms with Crippen LogP contribution in [0.2, 0.25) is 0 Å². The molecule has 1 aliphatic heterocycles. The fraction of sp³-hybridized carbons (Fsp3) is 0.545. The first kappa shape index (κ1) is 18.7. The van der Waals surface area contributed by atoms with Gasteiger partial charge in [0.1, 0.15) is 17.5 Å². The molecule has 0 fully saturated rings. The summed E-state index contributed by atoms with van der Waals surface area (Å²) in [4.78, 5) is 12.1. The molecule has 1 N–H and O–H groups in total. The predicted octanol–water partition coefficient (Wildman–Crippen LogP) is 5.11. The molecule has 0 spiro atoms. The van der Waals surface area contributed by atoms with Gasteiger partial charge in [0.05, 0.1) is 0 Å². The van der Waals surface area contributed by atoms with Crippen LogP contribution in [0, 0.1) is 0 Å². The molecular weight excluding hydrogens is 320 g/mol. The van der Waals surface area contributed by atoms with Gasteiger partial charge in [-0.2, -0.15) is 0 Å². The van der Waals surface area contributed by atoms with Crippen LogP contribution in [0.15, 0.2) is 30.3 Å². The van der Waals surface area contributed by atoms with E-state index >= 15 is 0 Å². The molecule has 1 aromatic heterocycles. The molecule has 4 nitrogen and oxygen atoms in total. The minimum atomic E-state index is 0.0993. The summed E-state index contributed by atoms with van der Waals surface area (Å²) in [6.45, 7) is 15.2. The third-order valence-corrected chi connectivity index (χ3v) is 5.27. The van der Waals surface area contributed by atoms with E-state index in [1.54, 1.807) is 0 Å². The summed E-state index contributed by atoms with van der Waals surface area (Å²) >= 11 is 0. The third kappa shape index (κ3) is 3.84. The molecule has 1 atom stereocenters. The van der Waals surface area contributed by atoms with Gasteiger partial charge in [-0.3, -0.25) is 0 Å². The lowest BCUT2D eigenvalue weighted by atomic mass is 9.78.